The van der Waals surface area contributed by atoms with Crippen molar-refractivity contribution in [3.8, 4) is 5.75 Å². The molecule has 1 heterocycles. The first-order valence-corrected chi connectivity index (χ1v) is 4.94. The molecule has 0 radical (unpaired) electrons. The SMILES string of the molecule is C=C(C)CCOc1cncc(C(=O)OC)c1. The molecule has 0 N–H and O–H groups in total. The Balaban J connectivity index is 2.60. The first-order valence-electron chi connectivity index (χ1n) is 4.94. The molecule has 1 aromatic rings. The van der Waals surface area contributed by atoms with Crippen LogP contribution in [0.5, 0.6) is 5.75 Å². The van der Waals surface area contributed by atoms with Crippen molar-refractivity contribution in [2.24, 2.45) is 0 Å². The van der Waals surface area contributed by atoms with Crippen LogP contribution in [0.1, 0.15) is 23.7 Å². The molecule has 0 saturated carbocycles. The van der Waals surface area contributed by atoms with E-state index in [4.69, 9.17) is 4.74 Å². The lowest BCUT2D eigenvalue weighted by molar-refractivity contribution is 0.0599. The zero-order valence-electron chi connectivity index (χ0n) is 9.53. The predicted molar refractivity (Wildman–Crippen MR) is 60.5 cm³/mol. The van der Waals surface area contributed by atoms with Gasteiger partial charge in [-0.3, -0.25) is 4.98 Å². The summed E-state index contributed by atoms with van der Waals surface area (Å²) in [6, 6.07) is 1.61. The van der Waals surface area contributed by atoms with Crippen molar-refractivity contribution in [2.45, 2.75) is 13.3 Å². The topological polar surface area (TPSA) is 48.4 Å². The van der Waals surface area contributed by atoms with E-state index in [0.29, 0.717) is 17.9 Å². The molecule has 0 amide bonds. The molecule has 0 unspecified atom stereocenters. The highest BCUT2D eigenvalue weighted by Gasteiger charge is 2.06. The number of carbonyl (C=O) groups is 1. The zero-order chi connectivity index (χ0) is 12.0. The number of ether oxygens (including phenoxy) is 2. The molecule has 0 spiro atoms. The third-order valence-electron chi connectivity index (χ3n) is 1.93. The summed E-state index contributed by atoms with van der Waals surface area (Å²) in [7, 11) is 1.33. The standard InChI is InChI=1S/C12H15NO3/c1-9(2)4-5-16-11-6-10(7-13-8-11)12(14)15-3/h6-8H,1,4-5H2,2-3H3. The number of carbonyl (C=O) groups excluding carboxylic acids is 1. The number of hydrogen-bond acceptors (Lipinski definition) is 4. The molecule has 86 valence electrons. The van der Waals surface area contributed by atoms with Crippen molar-refractivity contribution in [3.63, 3.8) is 0 Å². The molecule has 4 nitrogen and oxygen atoms in total. The van der Waals surface area contributed by atoms with Crippen LogP contribution in [0, 0.1) is 0 Å². The molecule has 1 aromatic heterocycles. The number of esters is 1. The van der Waals surface area contributed by atoms with Gasteiger partial charge in [0.05, 0.1) is 25.5 Å². The van der Waals surface area contributed by atoms with Crippen LogP contribution in [-0.2, 0) is 4.74 Å². The molecule has 1 rings (SSSR count). The Morgan fingerprint density at radius 3 is 2.88 bits per heavy atom. The average molecular weight is 221 g/mol. The molecule has 0 aliphatic heterocycles. The number of nitrogens with zero attached hydrogens (tertiary/aromatic N) is 1. The maximum Gasteiger partial charge on any atom is 0.339 e. The van der Waals surface area contributed by atoms with Crippen LogP contribution >= 0.6 is 0 Å². The number of rotatable bonds is 5. The van der Waals surface area contributed by atoms with Crippen LogP contribution in [0.15, 0.2) is 30.6 Å². The summed E-state index contributed by atoms with van der Waals surface area (Å²) in [4.78, 5) is 15.1. The van der Waals surface area contributed by atoms with Crippen molar-refractivity contribution < 1.29 is 14.3 Å². The number of aromatic nitrogens is 1. The number of pyridine rings is 1. The van der Waals surface area contributed by atoms with Crippen LogP contribution in [-0.4, -0.2) is 24.7 Å². The summed E-state index contributed by atoms with van der Waals surface area (Å²) >= 11 is 0. The van der Waals surface area contributed by atoms with Gasteiger partial charge in [-0.05, 0) is 13.0 Å². The lowest BCUT2D eigenvalue weighted by atomic mass is 10.2. The van der Waals surface area contributed by atoms with E-state index >= 15 is 0 Å². The molecular weight excluding hydrogens is 206 g/mol. The maximum absolute atomic E-state index is 11.2. The van der Waals surface area contributed by atoms with Crippen LogP contribution in [0.3, 0.4) is 0 Å². The Hall–Kier alpha value is -1.84. The van der Waals surface area contributed by atoms with E-state index in [1.54, 1.807) is 12.3 Å². The zero-order valence-corrected chi connectivity index (χ0v) is 9.53. The second kappa shape index (κ2) is 5.90. The van der Waals surface area contributed by atoms with E-state index < -0.39 is 5.97 Å². The molecule has 0 fully saturated rings. The predicted octanol–water partition coefficient (Wildman–Crippen LogP) is 2.21. The fraction of sp³-hybridized carbons (Fsp3) is 0.333. The Morgan fingerprint density at radius 1 is 1.50 bits per heavy atom. The van der Waals surface area contributed by atoms with Gasteiger partial charge in [-0.15, -0.1) is 6.58 Å². The Labute approximate surface area is 94.9 Å². The highest BCUT2D eigenvalue weighted by Crippen LogP contribution is 2.12. The van der Waals surface area contributed by atoms with Gasteiger partial charge in [0.2, 0.25) is 0 Å². The molecular formula is C12H15NO3. The van der Waals surface area contributed by atoms with Gasteiger partial charge in [0.25, 0.3) is 0 Å². The third kappa shape index (κ3) is 3.73. The molecule has 16 heavy (non-hydrogen) atoms. The summed E-state index contributed by atoms with van der Waals surface area (Å²) in [5.74, 6) is 0.141. The Morgan fingerprint density at radius 2 is 2.25 bits per heavy atom. The molecule has 0 saturated heterocycles. The molecule has 0 atom stereocenters. The summed E-state index contributed by atoms with van der Waals surface area (Å²) in [5, 5.41) is 0. The Bertz CT molecular complexity index is 388. The first-order chi connectivity index (χ1) is 7.63. The molecule has 0 bridgehead atoms. The fourth-order valence-corrected chi connectivity index (χ4v) is 1.07. The van der Waals surface area contributed by atoms with Crippen molar-refractivity contribution in [3.05, 3.63) is 36.2 Å². The number of methoxy groups -OCH3 is 1. The smallest absolute Gasteiger partial charge is 0.339 e. The lowest BCUT2D eigenvalue weighted by Gasteiger charge is -2.06. The van der Waals surface area contributed by atoms with E-state index in [1.165, 1.54) is 13.3 Å². The van der Waals surface area contributed by atoms with Crippen LogP contribution < -0.4 is 4.74 Å². The molecule has 0 aliphatic rings. The summed E-state index contributed by atoms with van der Waals surface area (Å²) in [5.41, 5.74) is 1.44. The van der Waals surface area contributed by atoms with E-state index in [9.17, 15) is 4.79 Å². The van der Waals surface area contributed by atoms with Gasteiger partial charge in [0, 0.05) is 12.6 Å². The first kappa shape index (κ1) is 12.2. The van der Waals surface area contributed by atoms with Gasteiger partial charge in [0.15, 0.2) is 0 Å². The molecule has 0 aromatic carbocycles. The van der Waals surface area contributed by atoms with Gasteiger partial charge < -0.3 is 9.47 Å². The van der Waals surface area contributed by atoms with Crippen molar-refractivity contribution in [1.29, 1.82) is 0 Å². The minimum Gasteiger partial charge on any atom is -0.492 e. The van der Waals surface area contributed by atoms with Gasteiger partial charge in [-0.25, -0.2) is 4.79 Å². The second-order valence-electron chi connectivity index (χ2n) is 3.46. The van der Waals surface area contributed by atoms with E-state index in [2.05, 4.69) is 16.3 Å². The third-order valence-corrected chi connectivity index (χ3v) is 1.93. The van der Waals surface area contributed by atoms with Gasteiger partial charge >= 0.3 is 5.97 Å². The number of hydrogen-bond donors (Lipinski definition) is 0. The van der Waals surface area contributed by atoms with Crippen molar-refractivity contribution in [1.82, 2.24) is 4.98 Å². The monoisotopic (exact) mass is 221 g/mol. The molecule has 4 heteroatoms. The minimum absolute atomic E-state index is 0.385. The Kier molecular flexibility index (Phi) is 4.51. The van der Waals surface area contributed by atoms with Crippen LogP contribution in [0.25, 0.3) is 0 Å². The summed E-state index contributed by atoms with van der Waals surface area (Å²) in [6.07, 6.45) is 3.78. The summed E-state index contributed by atoms with van der Waals surface area (Å²) in [6.45, 7) is 6.24. The highest BCUT2D eigenvalue weighted by molar-refractivity contribution is 5.89. The van der Waals surface area contributed by atoms with Crippen LogP contribution in [0.2, 0.25) is 0 Å². The second-order valence-corrected chi connectivity index (χ2v) is 3.46. The van der Waals surface area contributed by atoms with Crippen LogP contribution in [0.4, 0.5) is 0 Å². The maximum atomic E-state index is 11.2. The minimum atomic E-state index is -0.419. The quantitative estimate of drug-likeness (QED) is 0.565. The molecule has 0 aliphatic carbocycles. The van der Waals surface area contributed by atoms with E-state index in [-0.39, 0.29) is 0 Å². The fourth-order valence-electron chi connectivity index (χ4n) is 1.07. The van der Waals surface area contributed by atoms with Gasteiger partial charge in [-0.1, -0.05) is 5.57 Å². The van der Waals surface area contributed by atoms with Gasteiger partial charge in [0.1, 0.15) is 5.75 Å². The summed E-state index contributed by atoms with van der Waals surface area (Å²) < 4.78 is 10.0. The largest absolute Gasteiger partial charge is 0.492 e. The van der Waals surface area contributed by atoms with E-state index in [1.807, 2.05) is 6.92 Å². The lowest BCUT2D eigenvalue weighted by Crippen LogP contribution is -2.03. The average Bonchev–Trinajstić information content (AvgIpc) is 2.28. The van der Waals surface area contributed by atoms with Crippen molar-refractivity contribution in [2.75, 3.05) is 13.7 Å². The van der Waals surface area contributed by atoms with E-state index in [0.717, 1.165) is 12.0 Å². The van der Waals surface area contributed by atoms with Gasteiger partial charge in [-0.2, -0.15) is 0 Å². The highest BCUT2D eigenvalue weighted by atomic mass is 16.5. The van der Waals surface area contributed by atoms with Crippen molar-refractivity contribution >= 4 is 5.97 Å². The normalized spacial score (nSPS) is 9.62.